The van der Waals surface area contributed by atoms with Crippen LogP contribution in [0, 0.1) is 5.82 Å². The van der Waals surface area contributed by atoms with Crippen molar-refractivity contribution in [3.05, 3.63) is 33.6 Å². The van der Waals surface area contributed by atoms with Crippen LogP contribution < -0.4 is 11.3 Å². The number of nitrogen functional groups attached to an aromatic ring is 1. The van der Waals surface area contributed by atoms with Crippen LogP contribution in [-0.2, 0) is 6.42 Å². The van der Waals surface area contributed by atoms with Gasteiger partial charge in [0.2, 0.25) is 0 Å². The van der Waals surface area contributed by atoms with Gasteiger partial charge in [-0.2, -0.15) is 0 Å². The number of nitrogens with zero attached hydrogens (tertiary/aromatic N) is 1. The molecule has 0 unspecified atom stereocenters. The molecule has 0 fully saturated rings. The average Bonchev–Trinajstić information content (AvgIpc) is 2.34. The summed E-state index contributed by atoms with van der Waals surface area (Å²) in [5, 5.41) is 0.463. The van der Waals surface area contributed by atoms with Gasteiger partial charge in [0.05, 0.1) is 15.6 Å². The molecule has 0 saturated carbocycles. The average molecular weight is 274 g/mol. The first-order chi connectivity index (χ1) is 8.08. The highest BCUT2D eigenvalue weighted by atomic mass is 35.5. The Morgan fingerprint density at radius 1 is 1.41 bits per heavy atom. The lowest BCUT2D eigenvalue weighted by Crippen LogP contribution is -2.11. The Morgan fingerprint density at radius 3 is 2.71 bits per heavy atom. The van der Waals surface area contributed by atoms with Gasteiger partial charge in [0.15, 0.2) is 5.82 Å². The second-order valence-corrected chi connectivity index (χ2v) is 4.33. The Morgan fingerprint density at radius 2 is 2.12 bits per heavy atom. The molecule has 0 aliphatic carbocycles. The molecule has 0 spiro atoms. The molecule has 0 radical (unpaired) electrons. The molecule has 0 amide bonds. The predicted octanol–water partition coefficient (Wildman–Crippen LogP) is 3.53. The van der Waals surface area contributed by atoms with Gasteiger partial charge >= 0.3 is 0 Å². The summed E-state index contributed by atoms with van der Waals surface area (Å²) < 4.78 is 13.5. The molecule has 3 nitrogen and oxygen atoms in total. The van der Waals surface area contributed by atoms with Crippen LogP contribution in [0.4, 0.5) is 10.2 Å². The van der Waals surface area contributed by atoms with E-state index in [1.165, 1.54) is 6.07 Å². The summed E-state index contributed by atoms with van der Waals surface area (Å²) in [5.41, 5.74) is 3.87. The van der Waals surface area contributed by atoms with Gasteiger partial charge in [-0.25, -0.2) is 15.2 Å². The lowest BCUT2D eigenvalue weighted by Gasteiger charge is -2.10. The van der Waals surface area contributed by atoms with Crippen molar-refractivity contribution in [2.24, 2.45) is 5.84 Å². The first-order valence-corrected chi connectivity index (χ1v) is 5.77. The highest BCUT2D eigenvalue weighted by Gasteiger charge is 2.13. The van der Waals surface area contributed by atoms with Crippen LogP contribution >= 0.6 is 23.2 Å². The van der Waals surface area contributed by atoms with Crippen molar-refractivity contribution < 1.29 is 4.39 Å². The van der Waals surface area contributed by atoms with Crippen molar-refractivity contribution >= 4 is 39.9 Å². The van der Waals surface area contributed by atoms with Crippen LogP contribution in [0.3, 0.4) is 0 Å². The summed E-state index contributed by atoms with van der Waals surface area (Å²) in [6.07, 6.45) is 0.711. The number of nitrogens with one attached hydrogen (secondary N) is 1. The number of benzene rings is 1. The maximum atomic E-state index is 13.5. The van der Waals surface area contributed by atoms with Gasteiger partial charge in [-0.3, -0.25) is 0 Å². The van der Waals surface area contributed by atoms with Crippen LogP contribution in [0.5, 0.6) is 0 Å². The molecule has 0 aliphatic rings. The highest BCUT2D eigenvalue weighted by Crippen LogP contribution is 2.33. The molecule has 1 heterocycles. The Bertz CT molecular complexity index is 587. The topological polar surface area (TPSA) is 50.9 Å². The van der Waals surface area contributed by atoms with E-state index in [9.17, 15) is 4.39 Å². The molecule has 1 aromatic carbocycles. The molecule has 17 heavy (non-hydrogen) atoms. The van der Waals surface area contributed by atoms with Gasteiger partial charge in [-0.1, -0.05) is 30.1 Å². The highest BCUT2D eigenvalue weighted by molar-refractivity contribution is 6.38. The number of hydrogen-bond acceptors (Lipinski definition) is 3. The fraction of sp³-hybridized carbons (Fsp3) is 0.182. The maximum Gasteiger partial charge on any atom is 0.161 e. The van der Waals surface area contributed by atoms with E-state index in [-0.39, 0.29) is 10.0 Å². The molecule has 3 N–H and O–H groups in total. The summed E-state index contributed by atoms with van der Waals surface area (Å²) in [5.74, 6) is 5.28. The van der Waals surface area contributed by atoms with Gasteiger partial charge in [0.1, 0.15) is 5.82 Å². The van der Waals surface area contributed by atoms with Gasteiger partial charge in [-0.05, 0) is 24.1 Å². The van der Waals surface area contributed by atoms with E-state index >= 15 is 0 Å². The largest absolute Gasteiger partial charge is 0.308 e. The SMILES string of the molecule is CCc1cc2c(Cl)c(F)c(Cl)cc2nc1NN. The third-order valence-corrected chi connectivity index (χ3v) is 3.20. The molecule has 0 saturated heterocycles. The van der Waals surface area contributed by atoms with Gasteiger partial charge < -0.3 is 5.43 Å². The molecule has 0 aliphatic heterocycles. The number of hydrazine groups is 1. The first kappa shape index (κ1) is 12.4. The smallest absolute Gasteiger partial charge is 0.161 e. The second-order valence-electron chi connectivity index (χ2n) is 3.55. The minimum absolute atomic E-state index is 0.0155. The van der Waals surface area contributed by atoms with Crippen LogP contribution in [-0.4, -0.2) is 4.98 Å². The van der Waals surface area contributed by atoms with E-state index in [0.717, 1.165) is 5.56 Å². The molecule has 0 atom stereocenters. The summed E-state index contributed by atoms with van der Waals surface area (Å²) in [4.78, 5) is 4.26. The molecule has 90 valence electrons. The van der Waals surface area contributed by atoms with E-state index in [1.54, 1.807) is 6.07 Å². The third kappa shape index (κ3) is 2.04. The molecule has 0 bridgehead atoms. The number of halogens is 3. The zero-order valence-electron chi connectivity index (χ0n) is 9.02. The van der Waals surface area contributed by atoms with E-state index in [4.69, 9.17) is 29.0 Å². The summed E-state index contributed by atoms with van der Waals surface area (Å²) in [6, 6.07) is 3.19. The Balaban J connectivity index is 2.83. The van der Waals surface area contributed by atoms with E-state index in [0.29, 0.717) is 23.1 Å². The minimum atomic E-state index is -0.627. The third-order valence-electron chi connectivity index (χ3n) is 2.55. The van der Waals surface area contributed by atoms with Crippen LogP contribution in [0.15, 0.2) is 12.1 Å². The van der Waals surface area contributed by atoms with Crippen molar-refractivity contribution in [2.75, 3.05) is 5.43 Å². The standard InChI is InChI=1S/C11H10Cl2FN3/c1-2-5-3-6-8(16-11(5)17-15)4-7(12)10(14)9(6)13/h3-4H,2,15H2,1H3,(H,16,17). The number of nitrogens with two attached hydrogens (primary N) is 1. The van der Waals surface area contributed by atoms with Crippen molar-refractivity contribution in [3.8, 4) is 0 Å². The van der Waals surface area contributed by atoms with E-state index in [2.05, 4.69) is 10.4 Å². The zero-order valence-corrected chi connectivity index (χ0v) is 10.5. The van der Waals surface area contributed by atoms with E-state index < -0.39 is 5.82 Å². The molecular weight excluding hydrogens is 264 g/mol. The fourth-order valence-corrected chi connectivity index (χ4v) is 2.16. The Kier molecular flexibility index (Phi) is 3.38. The number of rotatable bonds is 2. The van der Waals surface area contributed by atoms with Crippen LogP contribution in [0.25, 0.3) is 10.9 Å². The number of aromatic nitrogens is 1. The lowest BCUT2D eigenvalue weighted by atomic mass is 10.1. The normalized spacial score (nSPS) is 10.9. The van der Waals surface area contributed by atoms with Gasteiger partial charge in [-0.15, -0.1) is 0 Å². The number of fused-ring (bicyclic) bond motifs is 1. The fourth-order valence-electron chi connectivity index (χ4n) is 1.66. The van der Waals surface area contributed by atoms with Crippen molar-refractivity contribution in [3.63, 3.8) is 0 Å². The summed E-state index contributed by atoms with van der Waals surface area (Å²) >= 11 is 11.6. The number of anilines is 1. The summed E-state index contributed by atoms with van der Waals surface area (Å²) in [6.45, 7) is 1.95. The minimum Gasteiger partial charge on any atom is -0.308 e. The van der Waals surface area contributed by atoms with Crippen molar-refractivity contribution in [1.82, 2.24) is 4.98 Å². The Hall–Kier alpha value is -1.10. The van der Waals surface area contributed by atoms with Crippen LogP contribution in [0.1, 0.15) is 12.5 Å². The van der Waals surface area contributed by atoms with Crippen LogP contribution in [0.2, 0.25) is 10.0 Å². The maximum absolute atomic E-state index is 13.5. The molecule has 2 rings (SSSR count). The summed E-state index contributed by atoms with van der Waals surface area (Å²) in [7, 11) is 0. The number of aryl methyl sites for hydroxylation is 1. The zero-order chi connectivity index (χ0) is 12.6. The predicted molar refractivity (Wildman–Crippen MR) is 68.9 cm³/mol. The Labute approximate surface area is 108 Å². The lowest BCUT2D eigenvalue weighted by molar-refractivity contribution is 0.630. The molecule has 6 heteroatoms. The number of hydrogen-bond donors (Lipinski definition) is 2. The van der Waals surface area contributed by atoms with Gasteiger partial charge in [0, 0.05) is 5.39 Å². The number of pyridine rings is 1. The second kappa shape index (κ2) is 4.64. The van der Waals surface area contributed by atoms with Crippen molar-refractivity contribution in [1.29, 1.82) is 0 Å². The first-order valence-electron chi connectivity index (χ1n) is 5.02. The monoisotopic (exact) mass is 273 g/mol. The van der Waals surface area contributed by atoms with Gasteiger partial charge in [0.25, 0.3) is 0 Å². The van der Waals surface area contributed by atoms with Crippen molar-refractivity contribution in [2.45, 2.75) is 13.3 Å². The van der Waals surface area contributed by atoms with E-state index in [1.807, 2.05) is 6.92 Å². The molecule has 1 aromatic heterocycles. The molecule has 2 aromatic rings. The molecular formula is C11H10Cl2FN3. The quantitative estimate of drug-likeness (QED) is 0.500.